The van der Waals surface area contributed by atoms with Crippen LogP contribution in [0.15, 0.2) is 24.3 Å². The summed E-state index contributed by atoms with van der Waals surface area (Å²) >= 11 is 0. The molecule has 0 aliphatic heterocycles. The van der Waals surface area contributed by atoms with E-state index >= 15 is 0 Å². The Morgan fingerprint density at radius 3 is 2.06 bits per heavy atom. The van der Waals surface area contributed by atoms with Gasteiger partial charge in [-0.05, 0) is 37.3 Å². The summed E-state index contributed by atoms with van der Waals surface area (Å²) in [5.74, 6) is -0.319. The minimum atomic E-state index is -0.833. The van der Waals surface area contributed by atoms with Crippen LogP contribution in [0, 0.1) is 0 Å². The van der Waals surface area contributed by atoms with Crippen LogP contribution in [-0.4, -0.2) is 17.1 Å². The van der Waals surface area contributed by atoms with Crippen molar-refractivity contribution in [1.82, 2.24) is 5.32 Å². The first kappa shape index (κ1) is 14.7. The Balaban J connectivity index is 2.90. The van der Waals surface area contributed by atoms with Crippen LogP contribution in [-0.2, 0) is 4.79 Å². The lowest BCUT2D eigenvalue weighted by molar-refractivity contribution is -0.139. The Kier molecular flexibility index (Phi) is 5.35. The first-order valence-electron chi connectivity index (χ1n) is 6.54. The van der Waals surface area contributed by atoms with E-state index in [2.05, 4.69) is 19.2 Å². The van der Waals surface area contributed by atoms with Gasteiger partial charge in [-0.25, -0.2) is 0 Å². The standard InChI is InChI=1S/C15H23NO2/c1-5-11(4)12-6-8-13(9-7-12)14(15(17)18)16-10(2)3/h6-11,14,16H,5H2,1-4H3,(H,17,18). The van der Waals surface area contributed by atoms with E-state index in [1.54, 1.807) is 0 Å². The van der Waals surface area contributed by atoms with Crippen LogP contribution in [0.25, 0.3) is 0 Å². The average molecular weight is 249 g/mol. The van der Waals surface area contributed by atoms with Crippen molar-refractivity contribution < 1.29 is 9.90 Å². The normalized spacial score (nSPS) is 14.5. The number of carboxylic acids is 1. The van der Waals surface area contributed by atoms with Crippen LogP contribution in [0.5, 0.6) is 0 Å². The van der Waals surface area contributed by atoms with Crippen molar-refractivity contribution in [1.29, 1.82) is 0 Å². The summed E-state index contributed by atoms with van der Waals surface area (Å²) in [6.07, 6.45) is 1.09. The van der Waals surface area contributed by atoms with E-state index in [1.165, 1.54) is 5.56 Å². The molecule has 0 aliphatic rings. The molecule has 100 valence electrons. The van der Waals surface area contributed by atoms with E-state index in [4.69, 9.17) is 0 Å². The van der Waals surface area contributed by atoms with Crippen molar-refractivity contribution in [3.63, 3.8) is 0 Å². The Morgan fingerprint density at radius 1 is 1.17 bits per heavy atom. The molecule has 0 spiro atoms. The van der Waals surface area contributed by atoms with Crippen LogP contribution in [0.1, 0.15) is 57.2 Å². The molecule has 18 heavy (non-hydrogen) atoms. The van der Waals surface area contributed by atoms with Crippen LogP contribution in [0.4, 0.5) is 0 Å². The van der Waals surface area contributed by atoms with E-state index in [9.17, 15) is 9.90 Å². The van der Waals surface area contributed by atoms with E-state index < -0.39 is 12.0 Å². The van der Waals surface area contributed by atoms with Crippen molar-refractivity contribution in [3.8, 4) is 0 Å². The molecule has 2 N–H and O–H groups in total. The second-order valence-corrected chi connectivity index (χ2v) is 5.07. The second kappa shape index (κ2) is 6.55. The molecule has 3 nitrogen and oxygen atoms in total. The van der Waals surface area contributed by atoms with Gasteiger partial charge in [0.15, 0.2) is 0 Å². The summed E-state index contributed by atoms with van der Waals surface area (Å²) in [7, 11) is 0. The maximum absolute atomic E-state index is 11.2. The minimum Gasteiger partial charge on any atom is -0.480 e. The van der Waals surface area contributed by atoms with Crippen molar-refractivity contribution >= 4 is 5.97 Å². The topological polar surface area (TPSA) is 49.3 Å². The van der Waals surface area contributed by atoms with Gasteiger partial charge in [0.25, 0.3) is 0 Å². The molecule has 1 aromatic carbocycles. The van der Waals surface area contributed by atoms with Crippen LogP contribution in [0.2, 0.25) is 0 Å². The van der Waals surface area contributed by atoms with Crippen LogP contribution >= 0.6 is 0 Å². The molecule has 2 unspecified atom stereocenters. The monoisotopic (exact) mass is 249 g/mol. The highest BCUT2D eigenvalue weighted by molar-refractivity contribution is 5.75. The lowest BCUT2D eigenvalue weighted by atomic mass is 9.96. The number of rotatable bonds is 6. The molecule has 0 saturated carbocycles. The Morgan fingerprint density at radius 2 is 1.67 bits per heavy atom. The molecule has 2 atom stereocenters. The first-order chi connectivity index (χ1) is 8.45. The van der Waals surface area contributed by atoms with Crippen molar-refractivity contribution in [2.24, 2.45) is 0 Å². The highest BCUT2D eigenvalue weighted by Gasteiger charge is 2.20. The molecule has 1 rings (SSSR count). The van der Waals surface area contributed by atoms with Gasteiger partial charge in [0.05, 0.1) is 0 Å². The van der Waals surface area contributed by atoms with Crippen molar-refractivity contribution in [3.05, 3.63) is 35.4 Å². The smallest absolute Gasteiger partial charge is 0.325 e. The number of carbonyl (C=O) groups is 1. The van der Waals surface area contributed by atoms with Crippen LogP contribution in [0.3, 0.4) is 0 Å². The number of hydrogen-bond acceptors (Lipinski definition) is 2. The highest BCUT2D eigenvalue weighted by Crippen LogP contribution is 2.21. The summed E-state index contributed by atoms with van der Waals surface area (Å²) in [6, 6.07) is 7.39. The van der Waals surface area contributed by atoms with E-state index in [0.717, 1.165) is 12.0 Å². The van der Waals surface area contributed by atoms with Gasteiger partial charge in [0, 0.05) is 6.04 Å². The fraction of sp³-hybridized carbons (Fsp3) is 0.533. The summed E-state index contributed by atoms with van der Waals surface area (Å²) in [4.78, 5) is 11.2. The third kappa shape index (κ3) is 3.84. The summed E-state index contributed by atoms with van der Waals surface area (Å²) in [6.45, 7) is 8.22. The zero-order chi connectivity index (χ0) is 13.7. The van der Waals surface area contributed by atoms with Crippen LogP contribution < -0.4 is 5.32 Å². The number of aliphatic carboxylic acids is 1. The van der Waals surface area contributed by atoms with Gasteiger partial charge in [-0.2, -0.15) is 0 Å². The molecule has 0 bridgehead atoms. The number of benzene rings is 1. The van der Waals surface area contributed by atoms with Gasteiger partial charge >= 0.3 is 5.97 Å². The molecule has 0 heterocycles. The third-order valence-corrected chi connectivity index (χ3v) is 3.20. The minimum absolute atomic E-state index is 0.139. The van der Waals surface area contributed by atoms with E-state index in [-0.39, 0.29) is 6.04 Å². The number of carboxylic acid groups (broad SMARTS) is 1. The average Bonchev–Trinajstić information content (AvgIpc) is 2.34. The molecular weight excluding hydrogens is 226 g/mol. The second-order valence-electron chi connectivity index (χ2n) is 5.07. The summed E-state index contributed by atoms with van der Waals surface area (Å²) in [5, 5.41) is 12.3. The lowest BCUT2D eigenvalue weighted by Crippen LogP contribution is -2.33. The maximum atomic E-state index is 11.2. The molecule has 0 amide bonds. The zero-order valence-electron chi connectivity index (χ0n) is 11.6. The molecule has 0 aromatic heterocycles. The SMILES string of the molecule is CCC(C)c1ccc(C(NC(C)C)C(=O)O)cc1. The molecule has 3 heteroatoms. The zero-order valence-corrected chi connectivity index (χ0v) is 11.6. The van der Waals surface area contributed by atoms with Gasteiger partial charge in [-0.3, -0.25) is 10.1 Å². The van der Waals surface area contributed by atoms with Gasteiger partial charge in [0.1, 0.15) is 6.04 Å². The Hall–Kier alpha value is -1.35. The first-order valence-corrected chi connectivity index (χ1v) is 6.54. The fourth-order valence-electron chi connectivity index (χ4n) is 1.90. The van der Waals surface area contributed by atoms with E-state index in [1.807, 2.05) is 38.1 Å². The molecule has 0 fully saturated rings. The fourth-order valence-corrected chi connectivity index (χ4v) is 1.90. The van der Waals surface area contributed by atoms with Gasteiger partial charge < -0.3 is 5.11 Å². The van der Waals surface area contributed by atoms with E-state index in [0.29, 0.717) is 5.92 Å². The Bertz CT molecular complexity index is 384. The van der Waals surface area contributed by atoms with Crippen molar-refractivity contribution in [2.45, 2.75) is 52.1 Å². The molecule has 0 radical (unpaired) electrons. The number of hydrogen-bond donors (Lipinski definition) is 2. The number of nitrogens with one attached hydrogen (secondary N) is 1. The highest BCUT2D eigenvalue weighted by atomic mass is 16.4. The Labute approximate surface area is 109 Å². The van der Waals surface area contributed by atoms with Gasteiger partial charge in [-0.15, -0.1) is 0 Å². The van der Waals surface area contributed by atoms with Crippen molar-refractivity contribution in [2.75, 3.05) is 0 Å². The molecule has 0 saturated heterocycles. The third-order valence-electron chi connectivity index (χ3n) is 3.20. The molecule has 0 aliphatic carbocycles. The summed E-state index contributed by atoms with van der Waals surface area (Å²) < 4.78 is 0. The molecule has 1 aromatic rings. The van der Waals surface area contributed by atoms with Gasteiger partial charge in [0.2, 0.25) is 0 Å². The van der Waals surface area contributed by atoms with Gasteiger partial charge in [-0.1, -0.05) is 38.1 Å². The molecular formula is C15H23NO2. The predicted octanol–water partition coefficient (Wildman–Crippen LogP) is 3.32. The maximum Gasteiger partial charge on any atom is 0.325 e. The lowest BCUT2D eigenvalue weighted by Gasteiger charge is -2.18. The summed E-state index contributed by atoms with van der Waals surface area (Å²) in [5.41, 5.74) is 2.07. The quantitative estimate of drug-likeness (QED) is 0.813. The largest absolute Gasteiger partial charge is 0.480 e. The predicted molar refractivity (Wildman–Crippen MR) is 73.8 cm³/mol.